The molecule has 0 aromatic heterocycles. The number of methoxy groups -OCH3 is 1. The molecule has 5 aliphatic carbocycles. The van der Waals surface area contributed by atoms with Crippen molar-refractivity contribution in [3.05, 3.63) is 11.6 Å². The van der Waals surface area contributed by atoms with E-state index in [0.29, 0.717) is 18.6 Å². The van der Waals surface area contributed by atoms with Gasteiger partial charge in [-0.05, 0) is 91.3 Å². The van der Waals surface area contributed by atoms with Crippen LogP contribution in [0.4, 0.5) is 0 Å². The SMILES string of the molecule is COC(=O)[C@@]1(C)CC[C@]2(C)CC[C@]3(C)[C@H](C(=O)C[C@@H]4[C@@]5(C)C=C(C#N)C(=O)C(C)(C)[C@@H]5CC[C@]43C)[C@@H]2C1. The molecule has 0 aliphatic heterocycles. The van der Waals surface area contributed by atoms with Crippen LogP contribution in [0.3, 0.4) is 0 Å². The van der Waals surface area contributed by atoms with Crippen LogP contribution < -0.4 is 0 Å². The highest BCUT2D eigenvalue weighted by atomic mass is 16.5. The maximum Gasteiger partial charge on any atom is 0.311 e. The van der Waals surface area contributed by atoms with Crippen LogP contribution in [-0.2, 0) is 19.1 Å². The van der Waals surface area contributed by atoms with Gasteiger partial charge in [0.1, 0.15) is 11.9 Å². The lowest BCUT2D eigenvalue weighted by molar-refractivity contribution is -0.222. The predicted octanol–water partition coefficient (Wildman–Crippen LogP) is 6.46. The van der Waals surface area contributed by atoms with Gasteiger partial charge in [-0.1, -0.05) is 47.6 Å². The maximum atomic E-state index is 14.4. The Morgan fingerprint density at radius 2 is 1.59 bits per heavy atom. The van der Waals surface area contributed by atoms with Gasteiger partial charge in [0.25, 0.3) is 0 Å². The first-order chi connectivity index (χ1) is 17.0. The fourth-order valence-corrected chi connectivity index (χ4v) is 10.8. The first-order valence-electron chi connectivity index (χ1n) is 14.3. The fraction of sp³-hybridized carbons (Fsp3) is 0.812. The Balaban J connectivity index is 1.61. The van der Waals surface area contributed by atoms with Crippen molar-refractivity contribution in [1.82, 2.24) is 0 Å². The van der Waals surface area contributed by atoms with Gasteiger partial charge in [-0.2, -0.15) is 5.26 Å². The normalized spacial score (nSPS) is 50.4. The van der Waals surface area contributed by atoms with E-state index >= 15 is 0 Å². The van der Waals surface area contributed by atoms with E-state index in [2.05, 4.69) is 33.8 Å². The summed E-state index contributed by atoms with van der Waals surface area (Å²) in [5.41, 5.74) is -1.50. The van der Waals surface area contributed by atoms with Crippen LogP contribution in [-0.4, -0.2) is 24.6 Å². The summed E-state index contributed by atoms with van der Waals surface area (Å²) >= 11 is 0. The molecule has 5 aliphatic rings. The molecule has 4 fully saturated rings. The van der Waals surface area contributed by atoms with Crippen molar-refractivity contribution < 1.29 is 19.1 Å². The molecule has 0 aromatic rings. The number of esters is 1. The topological polar surface area (TPSA) is 84.2 Å². The Labute approximate surface area is 222 Å². The number of rotatable bonds is 1. The summed E-state index contributed by atoms with van der Waals surface area (Å²) in [6.07, 6.45) is 8.93. The van der Waals surface area contributed by atoms with Crippen molar-refractivity contribution in [1.29, 1.82) is 5.26 Å². The Bertz CT molecular complexity index is 1150. The van der Waals surface area contributed by atoms with E-state index < -0.39 is 10.8 Å². The second-order valence-electron chi connectivity index (χ2n) is 15.2. The van der Waals surface area contributed by atoms with Gasteiger partial charge in [0.05, 0.1) is 18.1 Å². The average molecular weight is 508 g/mol. The van der Waals surface area contributed by atoms with Gasteiger partial charge in [-0.3, -0.25) is 14.4 Å². The summed E-state index contributed by atoms with van der Waals surface area (Å²) in [5, 5.41) is 9.88. The Hall–Kier alpha value is -1.96. The van der Waals surface area contributed by atoms with E-state index in [9.17, 15) is 19.6 Å². The van der Waals surface area contributed by atoms with Crippen LogP contribution in [0.15, 0.2) is 11.6 Å². The molecule has 5 rings (SSSR count). The number of hydrogen-bond donors (Lipinski definition) is 0. The van der Waals surface area contributed by atoms with Crippen molar-refractivity contribution in [2.75, 3.05) is 7.11 Å². The summed E-state index contributed by atoms with van der Waals surface area (Å²) in [5.74, 6) is 0.419. The van der Waals surface area contributed by atoms with Crippen molar-refractivity contribution >= 4 is 17.5 Å². The number of ether oxygens (including phenoxy) is 1. The van der Waals surface area contributed by atoms with E-state index in [0.717, 1.165) is 38.5 Å². The van der Waals surface area contributed by atoms with Crippen LogP contribution in [0.5, 0.6) is 0 Å². The number of allylic oxidation sites excluding steroid dienone is 2. The molecule has 0 bridgehead atoms. The van der Waals surface area contributed by atoms with Crippen molar-refractivity contribution in [2.24, 2.45) is 56.2 Å². The van der Waals surface area contributed by atoms with Crippen LogP contribution in [0.2, 0.25) is 0 Å². The molecule has 0 spiro atoms. The zero-order valence-corrected chi connectivity index (χ0v) is 24.1. The number of nitriles is 1. The molecule has 0 saturated heterocycles. The molecule has 0 radical (unpaired) electrons. The number of carbonyl (C=O) groups is 3. The first kappa shape index (κ1) is 26.6. The molecule has 0 heterocycles. The lowest BCUT2D eigenvalue weighted by atomic mass is 9.31. The van der Waals surface area contributed by atoms with Gasteiger partial charge in [0.15, 0.2) is 5.78 Å². The first-order valence-corrected chi connectivity index (χ1v) is 14.3. The van der Waals surface area contributed by atoms with E-state index in [1.165, 1.54) is 7.11 Å². The number of Topliss-reactive ketones (excluding diaryl/α,β-unsaturated/α-hetero) is 2. The van der Waals surface area contributed by atoms with Gasteiger partial charge in [-0.25, -0.2) is 0 Å². The minimum absolute atomic E-state index is 0.0509. The minimum Gasteiger partial charge on any atom is -0.469 e. The molecule has 0 aromatic carbocycles. The van der Waals surface area contributed by atoms with E-state index in [4.69, 9.17) is 4.74 Å². The molecular formula is C32H45NO4. The molecule has 5 heteroatoms. The summed E-state index contributed by atoms with van der Waals surface area (Å²) in [6.45, 7) is 15.4. The molecule has 0 N–H and O–H groups in total. The van der Waals surface area contributed by atoms with Crippen molar-refractivity contribution in [3.8, 4) is 6.07 Å². The lowest BCUT2D eigenvalue weighted by Gasteiger charge is -2.71. The van der Waals surface area contributed by atoms with Crippen molar-refractivity contribution in [3.63, 3.8) is 0 Å². The van der Waals surface area contributed by atoms with Crippen LogP contribution in [0.1, 0.15) is 99.8 Å². The van der Waals surface area contributed by atoms with Crippen LogP contribution in [0.25, 0.3) is 0 Å². The molecule has 0 amide bonds. The van der Waals surface area contributed by atoms with Gasteiger partial charge in [0.2, 0.25) is 0 Å². The minimum atomic E-state index is -0.618. The highest BCUT2D eigenvalue weighted by Gasteiger charge is 2.72. The molecule has 37 heavy (non-hydrogen) atoms. The molecular weight excluding hydrogens is 462 g/mol. The molecule has 5 nitrogen and oxygen atoms in total. The fourth-order valence-electron chi connectivity index (χ4n) is 10.8. The molecule has 0 unspecified atom stereocenters. The summed E-state index contributed by atoms with van der Waals surface area (Å²) in [7, 11) is 1.47. The molecule has 9 atom stereocenters. The van der Waals surface area contributed by atoms with E-state index in [1.54, 1.807) is 0 Å². The Morgan fingerprint density at radius 1 is 0.946 bits per heavy atom. The largest absolute Gasteiger partial charge is 0.469 e. The standard InChI is InChI=1S/C32H45NO4/c1-27(2)22-9-10-31(6)23(30(22,5)16-19(18-33)25(27)35)15-21(34)24-20-17-29(4,26(36)37-8)12-11-28(20,3)13-14-32(24,31)7/h16,20,22-24H,9-15,17H2,1-8H3/t20-,22-,23+,24-,28+,29-,30-,31+,32+/m0/s1. The van der Waals surface area contributed by atoms with Gasteiger partial charge in [-0.15, -0.1) is 0 Å². The molecule has 202 valence electrons. The smallest absolute Gasteiger partial charge is 0.311 e. The quantitative estimate of drug-likeness (QED) is 0.380. The van der Waals surface area contributed by atoms with Crippen LogP contribution in [0, 0.1) is 67.5 Å². The Morgan fingerprint density at radius 3 is 2.22 bits per heavy atom. The summed E-state index contributed by atoms with van der Waals surface area (Å²) < 4.78 is 5.24. The average Bonchev–Trinajstić information content (AvgIpc) is 2.83. The lowest BCUT2D eigenvalue weighted by Crippen LogP contribution is -2.68. The third-order valence-electron chi connectivity index (χ3n) is 13.4. The second kappa shape index (κ2) is 7.80. The van der Waals surface area contributed by atoms with Crippen LogP contribution >= 0.6 is 0 Å². The van der Waals surface area contributed by atoms with E-state index in [-0.39, 0.29) is 62.7 Å². The number of carbonyl (C=O) groups excluding carboxylic acids is 3. The summed E-state index contributed by atoms with van der Waals surface area (Å²) in [6, 6.07) is 2.20. The van der Waals surface area contributed by atoms with Gasteiger partial charge >= 0.3 is 5.97 Å². The number of hydrogen-bond acceptors (Lipinski definition) is 5. The highest BCUT2D eigenvalue weighted by molar-refractivity contribution is 6.04. The Kier molecular flexibility index (Phi) is 5.61. The third-order valence-corrected chi connectivity index (χ3v) is 13.4. The zero-order valence-electron chi connectivity index (χ0n) is 24.1. The number of nitrogens with zero attached hydrogens (tertiary/aromatic N) is 1. The third kappa shape index (κ3) is 3.17. The maximum absolute atomic E-state index is 14.4. The second-order valence-corrected chi connectivity index (χ2v) is 15.2. The van der Waals surface area contributed by atoms with E-state index in [1.807, 2.05) is 26.8 Å². The van der Waals surface area contributed by atoms with Gasteiger partial charge < -0.3 is 4.74 Å². The van der Waals surface area contributed by atoms with Gasteiger partial charge in [0, 0.05) is 17.8 Å². The highest BCUT2D eigenvalue weighted by Crippen LogP contribution is 2.75. The van der Waals surface area contributed by atoms with Crippen molar-refractivity contribution in [2.45, 2.75) is 99.8 Å². The predicted molar refractivity (Wildman–Crippen MR) is 141 cm³/mol. The number of fused-ring (bicyclic) bond motifs is 7. The number of ketones is 2. The monoisotopic (exact) mass is 507 g/mol. The molecule has 4 saturated carbocycles. The summed E-state index contributed by atoms with van der Waals surface area (Å²) in [4.78, 5) is 40.5. The zero-order chi connectivity index (χ0) is 27.4.